The Morgan fingerprint density at radius 1 is 1.36 bits per heavy atom. The Morgan fingerprint density at radius 3 is 2.77 bits per heavy atom. The molecule has 2 N–H and O–H groups in total. The number of nitrogens with one attached hydrogen (secondary N) is 2. The third-order valence-electron chi connectivity index (χ3n) is 2.60. The molecule has 2 heterocycles. The highest BCUT2D eigenvalue weighted by atomic mass is 32.1. The number of thiazole rings is 1. The maximum atomic E-state index is 11.9. The summed E-state index contributed by atoms with van der Waals surface area (Å²) in [4.78, 5) is 29.5. The van der Waals surface area contributed by atoms with E-state index in [0.717, 1.165) is 10.6 Å². The number of hydrogen-bond acceptors (Lipinski definition) is 7. The summed E-state index contributed by atoms with van der Waals surface area (Å²) in [5, 5.41) is 13.5. The Morgan fingerprint density at radius 2 is 2.14 bits per heavy atom. The quantitative estimate of drug-likeness (QED) is 0.863. The molecular weight excluding hydrogens is 308 g/mol. The van der Waals surface area contributed by atoms with E-state index in [4.69, 9.17) is 4.74 Å². The van der Waals surface area contributed by atoms with Crippen molar-refractivity contribution in [1.82, 2.24) is 20.0 Å². The molecule has 0 bridgehead atoms. The van der Waals surface area contributed by atoms with E-state index in [1.54, 1.807) is 6.92 Å². The molecule has 10 heteroatoms. The molecule has 0 aliphatic rings. The van der Waals surface area contributed by atoms with Gasteiger partial charge in [-0.05, 0) is 20.8 Å². The highest BCUT2D eigenvalue weighted by Gasteiger charge is 2.11. The maximum absolute atomic E-state index is 11.9. The van der Waals surface area contributed by atoms with Crippen LogP contribution in [0.4, 0.5) is 15.7 Å². The summed E-state index contributed by atoms with van der Waals surface area (Å²) in [6, 6.07) is 0. The highest BCUT2D eigenvalue weighted by Crippen LogP contribution is 2.20. The fourth-order valence-corrected chi connectivity index (χ4v) is 2.35. The Labute approximate surface area is 130 Å². The van der Waals surface area contributed by atoms with Crippen LogP contribution in [-0.4, -0.2) is 38.6 Å². The van der Waals surface area contributed by atoms with Crippen molar-refractivity contribution in [3.63, 3.8) is 0 Å². The number of amides is 2. The molecule has 0 atom stereocenters. The minimum Gasteiger partial charge on any atom is -0.450 e. The minimum atomic E-state index is -0.618. The molecule has 0 saturated heterocycles. The van der Waals surface area contributed by atoms with E-state index in [9.17, 15) is 9.59 Å². The van der Waals surface area contributed by atoms with Crippen LogP contribution in [0.5, 0.6) is 0 Å². The van der Waals surface area contributed by atoms with E-state index in [1.807, 2.05) is 13.8 Å². The second-order valence-electron chi connectivity index (χ2n) is 4.31. The van der Waals surface area contributed by atoms with E-state index in [-0.39, 0.29) is 24.9 Å². The Hall–Kier alpha value is -2.49. The number of anilines is 2. The van der Waals surface area contributed by atoms with Gasteiger partial charge in [-0.25, -0.2) is 9.78 Å². The van der Waals surface area contributed by atoms with Crippen molar-refractivity contribution in [1.29, 1.82) is 0 Å². The molecule has 0 aliphatic carbocycles. The molecule has 2 aromatic rings. The number of aromatic nitrogens is 4. The van der Waals surface area contributed by atoms with Crippen LogP contribution in [0.15, 0.2) is 6.20 Å². The molecule has 0 radical (unpaired) electrons. The normalized spacial score (nSPS) is 10.3. The summed E-state index contributed by atoms with van der Waals surface area (Å²) >= 11 is 1.41. The van der Waals surface area contributed by atoms with Crippen molar-refractivity contribution in [2.24, 2.45) is 0 Å². The van der Waals surface area contributed by atoms with E-state index >= 15 is 0 Å². The molecule has 2 aromatic heterocycles. The van der Waals surface area contributed by atoms with Gasteiger partial charge in [0.2, 0.25) is 5.91 Å². The van der Waals surface area contributed by atoms with Crippen LogP contribution in [0, 0.1) is 13.8 Å². The summed E-state index contributed by atoms with van der Waals surface area (Å²) < 4.78 is 4.72. The van der Waals surface area contributed by atoms with Crippen molar-refractivity contribution in [3.05, 3.63) is 16.8 Å². The number of carbonyl (C=O) groups excluding carboxylic acids is 2. The molecule has 0 saturated carbocycles. The lowest BCUT2D eigenvalue weighted by Gasteiger charge is -2.01. The molecule has 0 fully saturated rings. The summed E-state index contributed by atoms with van der Waals surface area (Å²) in [7, 11) is 0. The van der Waals surface area contributed by atoms with Gasteiger partial charge in [0.1, 0.15) is 6.54 Å². The molecule has 2 rings (SSSR count). The van der Waals surface area contributed by atoms with Crippen molar-refractivity contribution in [2.45, 2.75) is 27.3 Å². The topological polar surface area (TPSA) is 111 Å². The van der Waals surface area contributed by atoms with E-state index < -0.39 is 6.09 Å². The number of hydrogen-bond donors (Lipinski definition) is 2. The average molecular weight is 324 g/mol. The fraction of sp³-hybridized carbons (Fsp3) is 0.417. The average Bonchev–Trinajstić information content (AvgIpc) is 2.97. The number of aryl methyl sites for hydroxylation is 2. The lowest BCUT2D eigenvalue weighted by atomic mass is 10.4. The number of rotatable bonds is 5. The second-order valence-corrected chi connectivity index (χ2v) is 5.52. The predicted molar refractivity (Wildman–Crippen MR) is 80.9 cm³/mol. The number of carbonyl (C=O) groups is 2. The predicted octanol–water partition coefficient (Wildman–Crippen LogP) is 1.56. The standard InChI is InChI=1S/C12H16N6O3S/c1-4-21-12(20)15-9-5-13-18(17-9)6-10(19)16-11-14-7(2)8(3)22-11/h5H,4,6H2,1-3H3,(H,14,16,19)(H,15,17,20). The SMILES string of the molecule is CCOC(=O)Nc1cnn(CC(=O)Nc2nc(C)c(C)s2)n1. The van der Waals surface area contributed by atoms with Crippen LogP contribution >= 0.6 is 11.3 Å². The van der Waals surface area contributed by atoms with Crippen molar-refractivity contribution in [3.8, 4) is 0 Å². The molecule has 0 aromatic carbocycles. The van der Waals surface area contributed by atoms with Crippen LogP contribution in [0.1, 0.15) is 17.5 Å². The van der Waals surface area contributed by atoms with Gasteiger partial charge < -0.3 is 10.1 Å². The maximum Gasteiger partial charge on any atom is 0.412 e. The van der Waals surface area contributed by atoms with Crippen molar-refractivity contribution < 1.29 is 14.3 Å². The van der Waals surface area contributed by atoms with Crippen LogP contribution in [0.2, 0.25) is 0 Å². The van der Waals surface area contributed by atoms with Crippen LogP contribution in [0.3, 0.4) is 0 Å². The van der Waals surface area contributed by atoms with Gasteiger partial charge in [0.15, 0.2) is 10.9 Å². The molecule has 22 heavy (non-hydrogen) atoms. The first kappa shape index (κ1) is 15.9. The summed E-state index contributed by atoms with van der Waals surface area (Å²) in [6.07, 6.45) is 0.717. The van der Waals surface area contributed by atoms with Gasteiger partial charge in [0.25, 0.3) is 0 Å². The molecule has 2 amide bonds. The van der Waals surface area contributed by atoms with E-state index in [2.05, 4.69) is 25.8 Å². The van der Waals surface area contributed by atoms with Gasteiger partial charge in [0.05, 0.1) is 18.5 Å². The van der Waals surface area contributed by atoms with Gasteiger partial charge in [-0.15, -0.1) is 16.4 Å². The van der Waals surface area contributed by atoms with Gasteiger partial charge in [-0.1, -0.05) is 0 Å². The first-order valence-corrected chi connectivity index (χ1v) is 7.37. The summed E-state index contributed by atoms with van der Waals surface area (Å²) in [6.45, 7) is 5.69. The summed E-state index contributed by atoms with van der Waals surface area (Å²) in [5.74, 6) is -0.0841. The highest BCUT2D eigenvalue weighted by molar-refractivity contribution is 7.15. The smallest absolute Gasteiger partial charge is 0.412 e. The van der Waals surface area contributed by atoms with E-state index in [1.165, 1.54) is 22.3 Å². The van der Waals surface area contributed by atoms with Gasteiger partial charge in [0, 0.05) is 4.88 Å². The van der Waals surface area contributed by atoms with Crippen LogP contribution in [0.25, 0.3) is 0 Å². The van der Waals surface area contributed by atoms with Gasteiger partial charge >= 0.3 is 6.09 Å². The van der Waals surface area contributed by atoms with Crippen LogP contribution in [-0.2, 0) is 16.1 Å². The molecule has 0 spiro atoms. The summed E-state index contributed by atoms with van der Waals surface area (Å²) in [5.41, 5.74) is 0.887. The van der Waals surface area contributed by atoms with Crippen LogP contribution < -0.4 is 10.6 Å². The number of nitrogens with zero attached hydrogens (tertiary/aromatic N) is 4. The molecule has 118 valence electrons. The zero-order chi connectivity index (χ0) is 16.1. The first-order chi connectivity index (χ1) is 10.5. The van der Waals surface area contributed by atoms with Gasteiger partial charge in [-0.3, -0.25) is 10.1 Å². The second kappa shape index (κ2) is 6.98. The fourth-order valence-electron chi connectivity index (χ4n) is 1.52. The molecule has 0 unspecified atom stereocenters. The Bertz CT molecular complexity index is 661. The third kappa shape index (κ3) is 4.25. The minimum absolute atomic E-state index is 0.0812. The lowest BCUT2D eigenvalue weighted by Crippen LogP contribution is -2.20. The first-order valence-electron chi connectivity index (χ1n) is 6.55. The molecule has 9 nitrogen and oxygen atoms in total. The zero-order valence-corrected chi connectivity index (χ0v) is 13.2. The third-order valence-corrected chi connectivity index (χ3v) is 3.59. The number of ether oxygens (including phenoxy) is 1. The van der Waals surface area contributed by atoms with Crippen molar-refractivity contribution in [2.75, 3.05) is 17.2 Å². The van der Waals surface area contributed by atoms with Crippen molar-refractivity contribution >= 4 is 34.3 Å². The molecular formula is C12H16N6O3S. The lowest BCUT2D eigenvalue weighted by molar-refractivity contribution is -0.117. The van der Waals surface area contributed by atoms with Gasteiger partial charge in [-0.2, -0.15) is 9.90 Å². The largest absolute Gasteiger partial charge is 0.450 e. The zero-order valence-electron chi connectivity index (χ0n) is 12.4. The molecule has 0 aliphatic heterocycles. The van der Waals surface area contributed by atoms with E-state index in [0.29, 0.717) is 5.13 Å². The Kier molecular flexibility index (Phi) is 5.04. The Balaban J connectivity index is 1.89. The monoisotopic (exact) mass is 324 g/mol.